The molecule has 0 aliphatic carbocycles. The molecule has 1 N–H and O–H groups in total. The van der Waals surface area contributed by atoms with Crippen molar-refractivity contribution in [3.8, 4) is 0 Å². The second kappa shape index (κ2) is 11.0. The van der Waals surface area contributed by atoms with Gasteiger partial charge in [-0.15, -0.1) is 0 Å². The van der Waals surface area contributed by atoms with Crippen molar-refractivity contribution in [1.29, 1.82) is 0 Å². The summed E-state index contributed by atoms with van der Waals surface area (Å²) in [6.45, 7) is 14.6. The Labute approximate surface area is 155 Å². The summed E-state index contributed by atoms with van der Waals surface area (Å²) in [6, 6.07) is 0. The summed E-state index contributed by atoms with van der Waals surface area (Å²) in [5.41, 5.74) is 0. The Morgan fingerprint density at radius 3 is 2.40 bits per heavy atom. The molecule has 0 saturated carbocycles. The van der Waals surface area contributed by atoms with Crippen LogP contribution in [0.25, 0.3) is 0 Å². The number of nitrogens with one attached hydrogen (secondary N) is 1. The maximum atomic E-state index is 5.74. The van der Waals surface area contributed by atoms with E-state index < -0.39 is 0 Å². The van der Waals surface area contributed by atoms with E-state index in [-0.39, 0.29) is 0 Å². The van der Waals surface area contributed by atoms with Crippen LogP contribution >= 0.6 is 0 Å². The number of rotatable bonds is 7. The molecular weight excluding hydrogens is 312 g/mol. The van der Waals surface area contributed by atoms with E-state index in [2.05, 4.69) is 40.9 Å². The van der Waals surface area contributed by atoms with Gasteiger partial charge in [0.15, 0.2) is 5.96 Å². The zero-order valence-electron chi connectivity index (χ0n) is 17.0. The van der Waals surface area contributed by atoms with Crippen LogP contribution in [0.3, 0.4) is 0 Å². The molecule has 5 heteroatoms. The molecule has 25 heavy (non-hydrogen) atoms. The van der Waals surface area contributed by atoms with Crippen LogP contribution in [0.5, 0.6) is 0 Å². The van der Waals surface area contributed by atoms with Crippen molar-refractivity contribution in [2.45, 2.75) is 59.0 Å². The fraction of sp³-hybridized carbons (Fsp3) is 0.950. The van der Waals surface area contributed by atoms with Crippen LogP contribution in [0, 0.1) is 11.8 Å². The maximum Gasteiger partial charge on any atom is 0.193 e. The molecule has 2 saturated heterocycles. The predicted molar refractivity (Wildman–Crippen MR) is 106 cm³/mol. The second-order valence-electron chi connectivity index (χ2n) is 8.03. The second-order valence-corrected chi connectivity index (χ2v) is 8.03. The van der Waals surface area contributed by atoms with Crippen molar-refractivity contribution in [1.82, 2.24) is 15.1 Å². The molecule has 0 spiro atoms. The number of likely N-dealkylation sites (tertiary alicyclic amines) is 2. The van der Waals surface area contributed by atoms with Crippen LogP contribution in [-0.4, -0.2) is 74.8 Å². The third-order valence-corrected chi connectivity index (χ3v) is 5.48. The zero-order chi connectivity index (χ0) is 18.1. The van der Waals surface area contributed by atoms with Gasteiger partial charge in [0.05, 0.1) is 6.10 Å². The van der Waals surface area contributed by atoms with Crippen LogP contribution in [0.15, 0.2) is 4.99 Å². The van der Waals surface area contributed by atoms with Gasteiger partial charge in [0.1, 0.15) is 0 Å². The van der Waals surface area contributed by atoms with Gasteiger partial charge in [-0.05, 0) is 57.4 Å². The highest BCUT2D eigenvalue weighted by Gasteiger charge is 2.22. The van der Waals surface area contributed by atoms with E-state index in [1.807, 2.05) is 7.05 Å². The lowest BCUT2D eigenvalue weighted by molar-refractivity contribution is 0.0264. The maximum absolute atomic E-state index is 5.74. The molecule has 2 fully saturated rings. The summed E-state index contributed by atoms with van der Waals surface area (Å²) in [6.07, 6.45) is 6.55. The van der Waals surface area contributed by atoms with Crippen molar-refractivity contribution in [2.24, 2.45) is 16.8 Å². The highest BCUT2D eigenvalue weighted by Crippen LogP contribution is 2.21. The van der Waals surface area contributed by atoms with Crippen molar-refractivity contribution >= 4 is 5.96 Å². The first-order valence-electron chi connectivity index (χ1n) is 10.4. The molecule has 5 nitrogen and oxygen atoms in total. The first kappa shape index (κ1) is 20.5. The zero-order valence-corrected chi connectivity index (χ0v) is 17.0. The van der Waals surface area contributed by atoms with E-state index in [1.54, 1.807) is 0 Å². The Morgan fingerprint density at radius 2 is 1.80 bits per heavy atom. The average molecular weight is 353 g/mol. The first-order valence-corrected chi connectivity index (χ1v) is 10.4. The van der Waals surface area contributed by atoms with Crippen LogP contribution in [0.1, 0.15) is 52.9 Å². The van der Waals surface area contributed by atoms with Crippen molar-refractivity contribution < 1.29 is 4.74 Å². The van der Waals surface area contributed by atoms with Crippen molar-refractivity contribution in [3.05, 3.63) is 0 Å². The fourth-order valence-corrected chi connectivity index (χ4v) is 4.44. The molecule has 2 unspecified atom stereocenters. The highest BCUT2D eigenvalue weighted by molar-refractivity contribution is 5.79. The monoisotopic (exact) mass is 352 g/mol. The summed E-state index contributed by atoms with van der Waals surface area (Å²) in [7, 11) is 1.90. The summed E-state index contributed by atoms with van der Waals surface area (Å²) >= 11 is 0. The number of ether oxygens (including phenoxy) is 1. The molecule has 0 aromatic heterocycles. The normalized spacial score (nSPS) is 26.9. The summed E-state index contributed by atoms with van der Waals surface area (Å²) in [5.74, 6) is 2.79. The molecule has 2 atom stereocenters. The van der Waals surface area contributed by atoms with E-state index in [0.717, 1.165) is 56.9 Å². The lowest BCUT2D eigenvalue weighted by Gasteiger charge is -2.35. The molecule has 2 rings (SSSR count). The van der Waals surface area contributed by atoms with Gasteiger partial charge in [0.2, 0.25) is 0 Å². The molecule has 0 bridgehead atoms. The van der Waals surface area contributed by atoms with Crippen molar-refractivity contribution in [3.63, 3.8) is 0 Å². The van der Waals surface area contributed by atoms with Gasteiger partial charge in [-0.25, -0.2) is 0 Å². The van der Waals surface area contributed by atoms with Crippen molar-refractivity contribution in [2.75, 3.05) is 52.9 Å². The van der Waals surface area contributed by atoms with Gasteiger partial charge in [0, 0.05) is 46.4 Å². The number of nitrogens with zero attached hydrogens (tertiary/aromatic N) is 3. The highest BCUT2D eigenvalue weighted by atomic mass is 16.5. The van der Waals surface area contributed by atoms with Gasteiger partial charge >= 0.3 is 0 Å². The van der Waals surface area contributed by atoms with Gasteiger partial charge in [-0.2, -0.15) is 0 Å². The number of piperidine rings is 2. The van der Waals surface area contributed by atoms with Crippen LogP contribution in [-0.2, 0) is 4.74 Å². The van der Waals surface area contributed by atoms with Gasteiger partial charge in [-0.1, -0.05) is 13.8 Å². The SMILES string of the molecule is CCOC1CCN(C(=NC)NCCCCN2CC(C)CC(C)C2)CC1. The van der Waals surface area contributed by atoms with E-state index >= 15 is 0 Å². The quantitative estimate of drug-likeness (QED) is 0.434. The number of guanidine groups is 1. The molecule has 2 aliphatic rings. The van der Waals surface area contributed by atoms with Gasteiger partial charge in [0.25, 0.3) is 0 Å². The Bertz CT molecular complexity index is 383. The minimum absolute atomic E-state index is 0.439. The minimum atomic E-state index is 0.439. The minimum Gasteiger partial charge on any atom is -0.378 e. The Morgan fingerprint density at radius 1 is 1.12 bits per heavy atom. The van der Waals surface area contributed by atoms with Gasteiger partial charge in [-0.3, -0.25) is 4.99 Å². The smallest absolute Gasteiger partial charge is 0.193 e. The molecule has 0 radical (unpaired) electrons. The third kappa shape index (κ3) is 7.14. The largest absolute Gasteiger partial charge is 0.378 e. The fourth-order valence-electron chi connectivity index (χ4n) is 4.44. The van der Waals surface area contributed by atoms with Crippen LogP contribution < -0.4 is 5.32 Å². The summed E-state index contributed by atoms with van der Waals surface area (Å²) in [4.78, 5) is 9.51. The van der Waals surface area contributed by atoms with Crippen LogP contribution in [0.2, 0.25) is 0 Å². The van der Waals surface area contributed by atoms with Gasteiger partial charge < -0.3 is 19.9 Å². The molecular formula is C20H40N4O. The molecule has 2 aliphatic heterocycles. The van der Waals surface area contributed by atoms with E-state index in [0.29, 0.717) is 6.10 Å². The average Bonchev–Trinajstić information content (AvgIpc) is 2.58. The summed E-state index contributed by atoms with van der Waals surface area (Å²) in [5, 5.41) is 3.56. The lowest BCUT2D eigenvalue weighted by Crippen LogP contribution is -2.47. The molecule has 146 valence electrons. The Kier molecular flexibility index (Phi) is 9.04. The third-order valence-electron chi connectivity index (χ3n) is 5.48. The molecule has 2 heterocycles. The molecule has 0 aromatic carbocycles. The Balaban J connectivity index is 1.59. The number of hydrogen-bond acceptors (Lipinski definition) is 3. The lowest BCUT2D eigenvalue weighted by atomic mass is 9.92. The molecule has 0 amide bonds. The summed E-state index contributed by atoms with van der Waals surface area (Å²) < 4.78 is 5.74. The Hall–Kier alpha value is -0.810. The van der Waals surface area contributed by atoms with E-state index in [1.165, 1.54) is 38.9 Å². The van der Waals surface area contributed by atoms with E-state index in [9.17, 15) is 0 Å². The number of aliphatic imine (C=N–C) groups is 1. The number of hydrogen-bond donors (Lipinski definition) is 1. The van der Waals surface area contributed by atoms with E-state index in [4.69, 9.17) is 4.74 Å². The topological polar surface area (TPSA) is 40.1 Å². The first-order chi connectivity index (χ1) is 12.1. The standard InChI is InChI=1S/C20H40N4O/c1-5-25-19-8-12-24(13-9-19)20(21-4)22-10-6-7-11-23-15-17(2)14-18(3)16-23/h17-19H,5-16H2,1-4H3,(H,21,22). The number of unbranched alkanes of at least 4 members (excludes halogenated alkanes) is 1. The van der Waals surface area contributed by atoms with Crippen LogP contribution in [0.4, 0.5) is 0 Å². The predicted octanol–water partition coefficient (Wildman–Crippen LogP) is 2.82. The molecule has 0 aromatic rings.